The van der Waals surface area contributed by atoms with Gasteiger partial charge in [-0.05, 0) is 64.7 Å². The zero-order valence-corrected chi connectivity index (χ0v) is 14.6. The van der Waals surface area contributed by atoms with Gasteiger partial charge in [0, 0.05) is 20.0 Å². The summed E-state index contributed by atoms with van der Waals surface area (Å²) in [6.07, 6.45) is 2.07. The molecule has 0 heterocycles. The molecule has 0 radical (unpaired) electrons. The Morgan fingerprint density at radius 1 is 1.25 bits per heavy atom. The van der Waals surface area contributed by atoms with Crippen molar-refractivity contribution in [3.05, 3.63) is 62.2 Å². The minimum atomic E-state index is -0.144. The van der Waals surface area contributed by atoms with Crippen LogP contribution in [-0.4, -0.2) is 12.2 Å². The number of carbonyl (C=O) groups is 1. The van der Waals surface area contributed by atoms with Crippen molar-refractivity contribution in [1.82, 2.24) is 0 Å². The smallest absolute Gasteiger partial charge is 0.256 e. The van der Waals surface area contributed by atoms with Gasteiger partial charge in [-0.25, -0.2) is 0 Å². The first kappa shape index (κ1) is 15.7. The summed E-state index contributed by atoms with van der Waals surface area (Å²) in [7, 11) is 0. The van der Waals surface area contributed by atoms with Crippen LogP contribution in [0.1, 0.15) is 15.9 Å². The van der Waals surface area contributed by atoms with E-state index in [2.05, 4.69) is 34.2 Å². The van der Waals surface area contributed by atoms with Crippen LogP contribution in [0.25, 0.3) is 0 Å². The van der Waals surface area contributed by atoms with E-state index in [0.717, 1.165) is 15.0 Å². The summed E-state index contributed by atoms with van der Waals surface area (Å²) in [6.45, 7) is 0. The lowest BCUT2D eigenvalue weighted by molar-refractivity contribution is 0.102. The largest absolute Gasteiger partial charge is 0.322 e. The second-order valence-electron chi connectivity index (χ2n) is 4.21. The number of rotatable bonds is 4. The van der Waals surface area contributed by atoms with Crippen LogP contribution in [0, 0.1) is 3.57 Å². The van der Waals surface area contributed by atoms with E-state index in [-0.39, 0.29) is 5.91 Å². The molecule has 20 heavy (non-hydrogen) atoms. The highest BCUT2D eigenvalue weighted by Crippen LogP contribution is 2.20. The van der Waals surface area contributed by atoms with Crippen LogP contribution in [0.15, 0.2) is 42.5 Å². The average molecular weight is 418 g/mol. The van der Waals surface area contributed by atoms with Gasteiger partial charge in [0.2, 0.25) is 0 Å². The van der Waals surface area contributed by atoms with Crippen molar-refractivity contribution in [2.24, 2.45) is 0 Å². The van der Waals surface area contributed by atoms with Crippen molar-refractivity contribution in [1.29, 1.82) is 0 Å². The third kappa shape index (κ3) is 4.14. The van der Waals surface area contributed by atoms with Crippen LogP contribution >= 0.6 is 46.0 Å². The molecule has 0 aliphatic heterocycles. The minimum absolute atomic E-state index is 0.144. The second kappa shape index (κ2) is 7.33. The van der Waals surface area contributed by atoms with Crippen LogP contribution in [0.4, 0.5) is 5.69 Å². The molecule has 0 aliphatic rings. The van der Waals surface area contributed by atoms with E-state index in [4.69, 9.17) is 11.6 Å². The summed E-state index contributed by atoms with van der Waals surface area (Å²) in [5.74, 6) is 0.829. The van der Waals surface area contributed by atoms with Gasteiger partial charge in [-0.2, -0.15) is 11.8 Å². The zero-order chi connectivity index (χ0) is 14.5. The maximum Gasteiger partial charge on any atom is 0.256 e. The number of amides is 1. The van der Waals surface area contributed by atoms with Crippen molar-refractivity contribution in [3.63, 3.8) is 0 Å². The summed E-state index contributed by atoms with van der Waals surface area (Å²) in [5, 5.41) is 3.45. The van der Waals surface area contributed by atoms with E-state index >= 15 is 0 Å². The second-order valence-corrected chi connectivity index (χ2v) is 6.67. The quantitative estimate of drug-likeness (QED) is 0.705. The van der Waals surface area contributed by atoms with E-state index < -0.39 is 0 Å². The van der Waals surface area contributed by atoms with Gasteiger partial charge in [0.25, 0.3) is 5.91 Å². The van der Waals surface area contributed by atoms with E-state index in [1.807, 2.05) is 30.3 Å². The molecule has 1 N–H and O–H groups in total. The monoisotopic (exact) mass is 417 g/mol. The van der Waals surface area contributed by atoms with Crippen LogP contribution in [0.3, 0.4) is 0 Å². The number of anilines is 1. The lowest BCUT2D eigenvalue weighted by Crippen LogP contribution is -2.13. The number of hydrogen-bond donors (Lipinski definition) is 1. The molecule has 0 unspecified atom stereocenters. The van der Waals surface area contributed by atoms with Crippen LogP contribution in [0.5, 0.6) is 0 Å². The predicted molar refractivity (Wildman–Crippen MR) is 95.8 cm³/mol. The fourth-order valence-electron chi connectivity index (χ4n) is 1.72. The van der Waals surface area contributed by atoms with Gasteiger partial charge >= 0.3 is 0 Å². The van der Waals surface area contributed by atoms with Crippen molar-refractivity contribution >= 4 is 57.5 Å². The third-order valence-electron chi connectivity index (χ3n) is 2.70. The fraction of sp³-hybridized carbons (Fsp3) is 0.133. The molecule has 104 valence electrons. The molecule has 0 fully saturated rings. The summed E-state index contributed by atoms with van der Waals surface area (Å²) in [6, 6.07) is 13.2. The molecule has 0 saturated heterocycles. The van der Waals surface area contributed by atoms with Gasteiger partial charge in [0.05, 0.1) is 5.56 Å². The molecule has 0 saturated carbocycles. The Morgan fingerprint density at radius 2 is 1.95 bits per heavy atom. The molecule has 2 aromatic carbocycles. The topological polar surface area (TPSA) is 29.1 Å². The molecule has 0 aromatic heterocycles. The molecule has 0 spiro atoms. The molecule has 5 heteroatoms. The maximum absolute atomic E-state index is 12.2. The van der Waals surface area contributed by atoms with Crippen LogP contribution < -0.4 is 5.32 Å². The Labute approximate surface area is 141 Å². The predicted octanol–water partition coefficient (Wildman–Crippen LogP) is 5.06. The SMILES string of the molecule is CSCc1ccc(NC(=O)c2cc(Cl)ccc2I)cc1. The van der Waals surface area contributed by atoms with Crippen molar-refractivity contribution in [2.45, 2.75) is 5.75 Å². The molecule has 0 aliphatic carbocycles. The Morgan fingerprint density at radius 3 is 2.60 bits per heavy atom. The summed E-state index contributed by atoms with van der Waals surface area (Å²) in [5.41, 5.74) is 2.62. The van der Waals surface area contributed by atoms with Gasteiger partial charge < -0.3 is 5.32 Å². The van der Waals surface area contributed by atoms with Crippen molar-refractivity contribution in [2.75, 3.05) is 11.6 Å². The third-order valence-corrected chi connectivity index (χ3v) is 4.49. The molecule has 0 bridgehead atoms. The Kier molecular flexibility index (Phi) is 5.74. The van der Waals surface area contributed by atoms with E-state index in [1.165, 1.54) is 5.56 Å². The lowest BCUT2D eigenvalue weighted by Gasteiger charge is -2.08. The minimum Gasteiger partial charge on any atom is -0.322 e. The number of benzene rings is 2. The highest BCUT2D eigenvalue weighted by Gasteiger charge is 2.10. The molecular formula is C15H13ClINOS. The molecular weight excluding hydrogens is 405 g/mol. The summed E-state index contributed by atoms with van der Waals surface area (Å²) in [4.78, 5) is 12.2. The first-order valence-electron chi connectivity index (χ1n) is 5.94. The van der Waals surface area contributed by atoms with Gasteiger partial charge in [-0.15, -0.1) is 0 Å². The van der Waals surface area contributed by atoms with E-state index in [9.17, 15) is 4.79 Å². The van der Waals surface area contributed by atoms with Gasteiger partial charge in [-0.3, -0.25) is 4.79 Å². The Bertz CT molecular complexity index is 616. The normalized spacial score (nSPS) is 10.3. The van der Waals surface area contributed by atoms with Gasteiger partial charge in [-0.1, -0.05) is 23.7 Å². The Balaban J connectivity index is 2.13. The average Bonchev–Trinajstić information content (AvgIpc) is 2.44. The molecule has 2 rings (SSSR count). The number of hydrogen-bond acceptors (Lipinski definition) is 2. The lowest BCUT2D eigenvalue weighted by atomic mass is 10.2. The molecule has 2 nitrogen and oxygen atoms in total. The van der Waals surface area contributed by atoms with Crippen LogP contribution in [-0.2, 0) is 5.75 Å². The first-order valence-corrected chi connectivity index (χ1v) is 8.79. The maximum atomic E-state index is 12.2. The van der Waals surface area contributed by atoms with Crippen molar-refractivity contribution in [3.8, 4) is 0 Å². The number of thioether (sulfide) groups is 1. The van der Waals surface area contributed by atoms with Crippen LogP contribution in [0.2, 0.25) is 5.02 Å². The molecule has 2 aromatic rings. The van der Waals surface area contributed by atoms with Gasteiger partial charge in [0.15, 0.2) is 0 Å². The fourth-order valence-corrected chi connectivity index (χ4v) is 3.00. The first-order chi connectivity index (χ1) is 9.60. The van der Waals surface area contributed by atoms with Gasteiger partial charge in [0.1, 0.15) is 0 Å². The standard InChI is InChI=1S/C15H13ClINOS/c1-20-9-10-2-5-12(6-3-10)18-15(19)13-8-11(16)4-7-14(13)17/h2-8H,9H2,1H3,(H,18,19). The number of carbonyl (C=O) groups excluding carboxylic acids is 1. The van der Waals surface area contributed by atoms with Crippen molar-refractivity contribution < 1.29 is 4.79 Å². The zero-order valence-electron chi connectivity index (χ0n) is 10.8. The van der Waals surface area contributed by atoms with E-state index in [1.54, 1.807) is 23.9 Å². The van der Waals surface area contributed by atoms with E-state index in [0.29, 0.717) is 10.6 Å². The Hall–Kier alpha value is -0.720. The highest BCUT2D eigenvalue weighted by molar-refractivity contribution is 14.1. The molecule has 0 atom stereocenters. The molecule has 1 amide bonds. The number of halogens is 2. The summed E-state index contributed by atoms with van der Waals surface area (Å²) >= 11 is 9.83. The summed E-state index contributed by atoms with van der Waals surface area (Å²) < 4.78 is 0.878. The number of nitrogens with one attached hydrogen (secondary N) is 1. The highest BCUT2D eigenvalue weighted by atomic mass is 127.